The lowest BCUT2D eigenvalue weighted by Gasteiger charge is -2.18. The summed E-state index contributed by atoms with van der Waals surface area (Å²) in [6.07, 6.45) is -3.06. The molecule has 0 spiro atoms. The van der Waals surface area contributed by atoms with E-state index in [4.69, 9.17) is 5.53 Å². The van der Waals surface area contributed by atoms with Crippen LogP contribution in [0.2, 0.25) is 0 Å². The molecule has 0 aliphatic carbocycles. The van der Waals surface area contributed by atoms with Gasteiger partial charge in [0, 0.05) is 17.0 Å². The predicted molar refractivity (Wildman–Crippen MR) is 61.3 cm³/mol. The molecule has 19 heavy (non-hydrogen) atoms. The molecular formula is C11H11F2N3O3. The number of halogens is 2. The first-order valence-electron chi connectivity index (χ1n) is 5.32. The van der Waals surface area contributed by atoms with Crippen LogP contribution in [0.5, 0.6) is 0 Å². The number of aldehydes is 1. The van der Waals surface area contributed by atoms with Crippen molar-refractivity contribution >= 4 is 6.29 Å². The Labute approximate surface area is 106 Å². The molecule has 6 nitrogen and oxygen atoms in total. The second kappa shape index (κ2) is 6.79. The first-order chi connectivity index (χ1) is 9.01. The number of rotatable bonds is 6. The Bertz CT molecular complexity index is 518. The van der Waals surface area contributed by atoms with E-state index in [1.54, 1.807) is 0 Å². The highest BCUT2D eigenvalue weighted by atomic mass is 19.1. The van der Waals surface area contributed by atoms with Gasteiger partial charge in [-0.15, -0.1) is 0 Å². The van der Waals surface area contributed by atoms with Crippen molar-refractivity contribution in [3.8, 4) is 0 Å². The summed E-state index contributed by atoms with van der Waals surface area (Å²) >= 11 is 0. The minimum Gasteiger partial charge on any atom is -0.390 e. The molecule has 0 saturated carbocycles. The van der Waals surface area contributed by atoms with E-state index < -0.39 is 35.0 Å². The monoisotopic (exact) mass is 271 g/mol. The first-order valence-corrected chi connectivity index (χ1v) is 5.32. The fraction of sp³-hybridized carbons (Fsp3) is 0.364. The molecule has 8 heteroatoms. The summed E-state index contributed by atoms with van der Waals surface area (Å²) in [5.74, 6) is -1.99. The molecule has 0 heterocycles. The molecule has 2 atom stereocenters. The van der Waals surface area contributed by atoms with E-state index in [0.717, 1.165) is 0 Å². The second-order valence-electron chi connectivity index (χ2n) is 3.77. The van der Waals surface area contributed by atoms with Crippen LogP contribution in [0.4, 0.5) is 8.78 Å². The Morgan fingerprint density at radius 3 is 2.63 bits per heavy atom. The van der Waals surface area contributed by atoms with Crippen LogP contribution in [0, 0.1) is 11.6 Å². The molecule has 0 radical (unpaired) electrons. The number of benzene rings is 1. The van der Waals surface area contributed by atoms with Crippen molar-refractivity contribution in [2.24, 2.45) is 5.11 Å². The van der Waals surface area contributed by atoms with Gasteiger partial charge in [-0.2, -0.15) is 0 Å². The van der Waals surface area contributed by atoms with Gasteiger partial charge in [-0.1, -0.05) is 5.11 Å². The number of carbonyl (C=O) groups is 1. The molecule has 0 fully saturated rings. The van der Waals surface area contributed by atoms with Gasteiger partial charge >= 0.3 is 0 Å². The number of azide groups is 1. The third-order valence-corrected chi connectivity index (χ3v) is 2.51. The normalized spacial score (nSPS) is 13.5. The van der Waals surface area contributed by atoms with Crippen molar-refractivity contribution in [3.63, 3.8) is 0 Å². The maximum atomic E-state index is 13.5. The van der Waals surface area contributed by atoms with Crippen molar-refractivity contribution in [2.75, 3.05) is 6.54 Å². The van der Waals surface area contributed by atoms with Gasteiger partial charge in [0.2, 0.25) is 0 Å². The van der Waals surface area contributed by atoms with Crippen LogP contribution in [-0.2, 0) is 0 Å². The fourth-order valence-corrected chi connectivity index (χ4v) is 1.49. The van der Waals surface area contributed by atoms with E-state index in [1.165, 1.54) is 0 Å². The van der Waals surface area contributed by atoms with E-state index >= 15 is 0 Å². The largest absolute Gasteiger partial charge is 0.390 e. The van der Waals surface area contributed by atoms with E-state index in [1.807, 2.05) is 0 Å². The highest BCUT2D eigenvalue weighted by Gasteiger charge is 2.23. The number of nitrogens with zero attached hydrogens (tertiary/aromatic N) is 3. The number of hydrogen-bond donors (Lipinski definition) is 2. The van der Waals surface area contributed by atoms with Crippen LogP contribution >= 0.6 is 0 Å². The minimum absolute atomic E-state index is 0.0920. The third kappa shape index (κ3) is 3.72. The molecule has 1 rings (SSSR count). The van der Waals surface area contributed by atoms with Crippen LogP contribution in [0.15, 0.2) is 17.2 Å². The maximum absolute atomic E-state index is 13.5. The van der Waals surface area contributed by atoms with Gasteiger partial charge in [0.1, 0.15) is 17.7 Å². The Hall–Kier alpha value is -2.02. The van der Waals surface area contributed by atoms with Crippen molar-refractivity contribution < 1.29 is 23.8 Å². The van der Waals surface area contributed by atoms with E-state index in [9.17, 15) is 23.8 Å². The molecule has 2 unspecified atom stereocenters. The molecule has 2 N–H and O–H groups in total. The lowest BCUT2D eigenvalue weighted by molar-refractivity contribution is 0.0128. The number of hydrogen-bond acceptors (Lipinski definition) is 4. The second-order valence-corrected chi connectivity index (χ2v) is 3.77. The molecule has 0 saturated heterocycles. The van der Waals surface area contributed by atoms with E-state index in [2.05, 4.69) is 10.0 Å². The Balaban J connectivity index is 2.92. The van der Waals surface area contributed by atoms with Gasteiger partial charge in [0.05, 0.1) is 11.7 Å². The first kappa shape index (κ1) is 15.0. The number of carbonyl (C=O) groups excluding carboxylic acids is 1. The van der Waals surface area contributed by atoms with Crippen LogP contribution in [0.3, 0.4) is 0 Å². The van der Waals surface area contributed by atoms with Crippen molar-refractivity contribution in [1.82, 2.24) is 0 Å². The smallest absolute Gasteiger partial charge is 0.153 e. The highest BCUT2D eigenvalue weighted by molar-refractivity contribution is 5.75. The van der Waals surface area contributed by atoms with Gasteiger partial charge < -0.3 is 10.2 Å². The standard InChI is InChI=1S/C11H11F2N3O3/c12-8-4-7(9(13)3-6(8)5-17)11(19)10(18)1-2-15-16-14/h3-5,10-11,18-19H,1-2H2. The summed E-state index contributed by atoms with van der Waals surface area (Å²) in [5, 5.41) is 22.4. The average Bonchev–Trinajstić information content (AvgIpc) is 2.40. The summed E-state index contributed by atoms with van der Waals surface area (Å²) in [5.41, 5.74) is 7.11. The van der Waals surface area contributed by atoms with Gasteiger partial charge in [-0.05, 0) is 24.1 Å². The molecule has 0 aliphatic rings. The quantitative estimate of drug-likeness (QED) is 0.357. The Kier molecular flexibility index (Phi) is 5.37. The zero-order valence-electron chi connectivity index (χ0n) is 9.70. The number of aliphatic hydroxyl groups excluding tert-OH is 2. The van der Waals surface area contributed by atoms with Crippen LogP contribution < -0.4 is 0 Å². The van der Waals surface area contributed by atoms with Crippen molar-refractivity contribution in [3.05, 3.63) is 45.3 Å². The topological polar surface area (TPSA) is 106 Å². The zero-order chi connectivity index (χ0) is 14.4. The Morgan fingerprint density at radius 1 is 1.37 bits per heavy atom. The lowest BCUT2D eigenvalue weighted by Crippen LogP contribution is -2.20. The fourth-order valence-electron chi connectivity index (χ4n) is 1.49. The van der Waals surface area contributed by atoms with Crippen LogP contribution in [0.1, 0.15) is 28.4 Å². The molecule has 1 aromatic carbocycles. The molecule has 0 aliphatic heterocycles. The van der Waals surface area contributed by atoms with E-state index in [0.29, 0.717) is 12.1 Å². The molecule has 0 amide bonds. The number of aliphatic hydroxyl groups is 2. The Morgan fingerprint density at radius 2 is 2.05 bits per heavy atom. The SMILES string of the molecule is [N-]=[N+]=NCCC(O)C(O)c1cc(F)c(C=O)cc1F. The van der Waals surface area contributed by atoms with Gasteiger partial charge in [-0.25, -0.2) is 8.78 Å². The lowest BCUT2D eigenvalue weighted by atomic mass is 10.00. The predicted octanol–water partition coefficient (Wildman–Crippen LogP) is 1.87. The van der Waals surface area contributed by atoms with Crippen molar-refractivity contribution in [2.45, 2.75) is 18.6 Å². The summed E-state index contributed by atoms with van der Waals surface area (Å²) < 4.78 is 26.8. The van der Waals surface area contributed by atoms with Gasteiger partial charge in [0.15, 0.2) is 6.29 Å². The average molecular weight is 271 g/mol. The van der Waals surface area contributed by atoms with E-state index in [-0.39, 0.29) is 19.3 Å². The summed E-state index contributed by atoms with van der Waals surface area (Å²) in [4.78, 5) is 12.9. The molecule has 1 aromatic rings. The zero-order valence-corrected chi connectivity index (χ0v) is 9.70. The van der Waals surface area contributed by atoms with Crippen LogP contribution in [0.25, 0.3) is 10.4 Å². The molecule has 0 aromatic heterocycles. The van der Waals surface area contributed by atoms with Gasteiger partial charge in [-0.3, -0.25) is 4.79 Å². The summed E-state index contributed by atoms with van der Waals surface area (Å²) in [6.45, 7) is -0.0920. The highest BCUT2D eigenvalue weighted by Crippen LogP contribution is 2.24. The van der Waals surface area contributed by atoms with Crippen molar-refractivity contribution in [1.29, 1.82) is 0 Å². The maximum Gasteiger partial charge on any atom is 0.153 e. The van der Waals surface area contributed by atoms with Gasteiger partial charge in [0.25, 0.3) is 0 Å². The summed E-state index contributed by atoms with van der Waals surface area (Å²) in [6, 6.07) is 1.29. The minimum atomic E-state index is -1.68. The molecule has 0 bridgehead atoms. The molecular weight excluding hydrogens is 260 g/mol. The molecule has 102 valence electrons. The third-order valence-electron chi connectivity index (χ3n) is 2.51. The van der Waals surface area contributed by atoms with Crippen LogP contribution in [-0.4, -0.2) is 29.1 Å². The summed E-state index contributed by atoms with van der Waals surface area (Å²) in [7, 11) is 0.